The summed E-state index contributed by atoms with van der Waals surface area (Å²) in [5, 5.41) is 5.87. The van der Waals surface area contributed by atoms with Crippen LogP contribution in [0, 0.1) is 11.8 Å². The van der Waals surface area contributed by atoms with Crippen molar-refractivity contribution < 1.29 is 9.59 Å². The average Bonchev–Trinajstić information content (AvgIpc) is 2.53. The number of nitrogens with one attached hydrogen (secondary N) is 2. The van der Waals surface area contributed by atoms with Crippen LogP contribution in [0.2, 0.25) is 0 Å². The van der Waals surface area contributed by atoms with E-state index in [4.69, 9.17) is 0 Å². The van der Waals surface area contributed by atoms with Gasteiger partial charge >= 0.3 is 0 Å². The normalized spacial score (nSPS) is 10.9. The minimum absolute atomic E-state index is 0.0688. The van der Waals surface area contributed by atoms with Gasteiger partial charge < -0.3 is 10.6 Å². The SMILES string of the molecule is CCC(CC)C(=O)Nc1ccc(CCC(=O)NCC(C)C)cc1. The molecule has 2 amide bonds. The Hall–Kier alpha value is -1.84. The lowest BCUT2D eigenvalue weighted by Gasteiger charge is -2.13. The Labute approximate surface area is 140 Å². The molecular weight excluding hydrogens is 288 g/mol. The topological polar surface area (TPSA) is 58.2 Å². The summed E-state index contributed by atoms with van der Waals surface area (Å²) in [4.78, 5) is 23.7. The number of carbonyl (C=O) groups excluding carboxylic acids is 2. The standard InChI is InChI=1S/C19H30N2O2/c1-5-16(6-2)19(23)21-17-10-7-15(8-11-17)9-12-18(22)20-13-14(3)4/h7-8,10-11,14,16H,5-6,9,12-13H2,1-4H3,(H,20,22)(H,21,23). The number of aryl methyl sites for hydroxylation is 1. The molecule has 0 bridgehead atoms. The number of anilines is 1. The van der Waals surface area contributed by atoms with Crippen molar-refractivity contribution in [2.45, 2.75) is 53.4 Å². The van der Waals surface area contributed by atoms with Crippen molar-refractivity contribution in [3.8, 4) is 0 Å². The highest BCUT2D eigenvalue weighted by atomic mass is 16.2. The largest absolute Gasteiger partial charge is 0.356 e. The maximum absolute atomic E-state index is 12.0. The van der Waals surface area contributed by atoms with Crippen LogP contribution in [0.15, 0.2) is 24.3 Å². The van der Waals surface area contributed by atoms with Crippen LogP contribution in [0.3, 0.4) is 0 Å². The molecule has 4 nitrogen and oxygen atoms in total. The van der Waals surface area contributed by atoms with Gasteiger partial charge in [0.05, 0.1) is 0 Å². The van der Waals surface area contributed by atoms with Gasteiger partial charge in [0.2, 0.25) is 11.8 Å². The van der Waals surface area contributed by atoms with Crippen LogP contribution in [-0.4, -0.2) is 18.4 Å². The van der Waals surface area contributed by atoms with Crippen LogP contribution < -0.4 is 10.6 Å². The third-order valence-electron chi connectivity index (χ3n) is 3.93. The molecule has 0 aliphatic carbocycles. The van der Waals surface area contributed by atoms with Gasteiger partial charge in [0.25, 0.3) is 0 Å². The molecule has 0 aromatic heterocycles. The molecule has 0 saturated heterocycles. The molecule has 23 heavy (non-hydrogen) atoms. The summed E-state index contributed by atoms with van der Waals surface area (Å²) in [5.41, 5.74) is 1.92. The molecule has 128 valence electrons. The maximum atomic E-state index is 12.0. The zero-order valence-corrected chi connectivity index (χ0v) is 14.8. The summed E-state index contributed by atoms with van der Waals surface area (Å²) in [7, 11) is 0. The first-order chi connectivity index (χ1) is 11.0. The summed E-state index contributed by atoms with van der Waals surface area (Å²) < 4.78 is 0. The Balaban J connectivity index is 2.44. The minimum Gasteiger partial charge on any atom is -0.356 e. The molecule has 2 N–H and O–H groups in total. The van der Waals surface area contributed by atoms with E-state index >= 15 is 0 Å². The van der Waals surface area contributed by atoms with E-state index in [2.05, 4.69) is 24.5 Å². The fraction of sp³-hybridized carbons (Fsp3) is 0.579. The summed E-state index contributed by atoms with van der Waals surface area (Å²) in [6.07, 6.45) is 2.91. The van der Waals surface area contributed by atoms with Crippen molar-refractivity contribution in [1.29, 1.82) is 0 Å². The average molecular weight is 318 g/mol. The smallest absolute Gasteiger partial charge is 0.227 e. The first-order valence-corrected chi connectivity index (χ1v) is 8.62. The van der Waals surface area contributed by atoms with Crippen LogP contribution in [0.1, 0.15) is 52.5 Å². The highest BCUT2D eigenvalue weighted by molar-refractivity contribution is 5.92. The first kappa shape index (κ1) is 19.2. The second-order valence-corrected chi connectivity index (χ2v) is 6.40. The summed E-state index contributed by atoms with van der Waals surface area (Å²) >= 11 is 0. The van der Waals surface area contributed by atoms with Gasteiger partial charge in [-0.1, -0.05) is 39.8 Å². The van der Waals surface area contributed by atoms with Crippen LogP contribution >= 0.6 is 0 Å². The Kier molecular flexibility index (Phi) is 8.38. The van der Waals surface area contributed by atoms with Gasteiger partial charge in [0.1, 0.15) is 0 Å². The maximum Gasteiger partial charge on any atom is 0.227 e. The Morgan fingerprint density at radius 2 is 1.65 bits per heavy atom. The predicted molar refractivity (Wildman–Crippen MR) is 95.3 cm³/mol. The number of hydrogen-bond acceptors (Lipinski definition) is 2. The fourth-order valence-electron chi connectivity index (χ4n) is 2.32. The van der Waals surface area contributed by atoms with E-state index in [9.17, 15) is 9.59 Å². The molecule has 0 aliphatic heterocycles. The van der Waals surface area contributed by atoms with E-state index in [1.807, 2.05) is 38.1 Å². The van der Waals surface area contributed by atoms with Crippen molar-refractivity contribution in [2.75, 3.05) is 11.9 Å². The molecule has 0 fully saturated rings. The number of benzene rings is 1. The predicted octanol–water partition coefficient (Wildman–Crippen LogP) is 3.77. The number of carbonyl (C=O) groups is 2. The molecule has 0 heterocycles. The molecular formula is C19H30N2O2. The third kappa shape index (κ3) is 7.31. The molecule has 0 atom stereocenters. The molecule has 0 aliphatic rings. The first-order valence-electron chi connectivity index (χ1n) is 8.62. The molecule has 1 aromatic carbocycles. The van der Waals surface area contributed by atoms with Gasteiger partial charge in [0.15, 0.2) is 0 Å². The zero-order chi connectivity index (χ0) is 17.2. The van der Waals surface area contributed by atoms with E-state index in [0.717, 1.165) is 30.6 Å². The Morgan fingerprint density at radius 3 is 2.17 bits per heavy atom. The number of rotatable bonds is 9. The van der Waals surface area contributed by atoms with Crippen molar-refractivity contribution in [1.82, 2.24) is 5.32 Å². The van der Waals surface area contributed by atoms with Crippen LogP contribution in [-0.2, 0) is 16.0 Å². The molecule has 1 rings (SSSR count). The highest BCUT2D eigenvalue weighted by Gasteiger charge is 2.13. The molecule has 1 aromatic rings. The van der Waals surface area contributed by atoms with Gasteiger partial charge in [-0.05, 0) is 42.9 Å². The lowest BCUT2D eigenvalue weighted by molar-refractivity contribution is -0.121. The van der Waals surface area contributed by atoms with Gasteiger partial charge in [0, 0.05) is 24.6 Å². The lowest BCUT2D eigenvalue weighted by atomic mass is 10.0. The van der Waals surface area contributed by atoms with Crippen molar-refractivity contribution in [2.24, 2.45) is 11.8 Å². The van der Waals surface area contributed by atoms with Crippen LogP contribution in [0.5, 0.6) is 0 Å². The Morgan fingerprint density at radius 1 is 1.04 bits per heavy atom. The highest BCUT2D eigenvalue weighted by Crippen LogP contribution is 2.15. The van der Waals surface area contributed by atoms with Crippen molar-refractivity contribution >= 4 is 17.5 Å². The minimum atomic E-state index is 0.0688. The van der Waals surface area contributed by atoms with E-state index < -0.39 is 0 Å². The van der Waals surface area contributed by atoms with Crippen molar-refractivity contribution in [3.63, 3.8) is 0 Å². The molecule has 0 spiro atoms. The number of hydrogen-bond donors (Lipinski definition) is 2. The van der Waals surface area contributed by atoms with Gasteiger partial charge in [-0.2, -0.15) is 0 Å². The second kappa shape index (κ2) is 10.0. The van der Waals surface area contributed by atoms with Gasteiger partial charge in [-0.25, -0.2) is 0 Å². The van der Waals surface area contributed by atoms with Crippen LogP contribution in [0.4, 0.5) is 5.69 Å². The van der Waals surface area contributed by atoms with E-state index in [1.165, 1.54) is 0 Å². The van der Waals surface area contributed by atoms with E-state index in [1.54, 1.807) is 0 Å². The molecule has 4 heteroatoms. The van der Waals surface area contributed by atoms with Gasteiger partial charge in [-0.15, -0.1) is 0 Å². The molecule has 0 radical (unpaired) electrons. The zero-order valence-electron chi connectivity index (χ0n) is 14.8. The monoisotopic (exact) mass is 318 g/mol. The fourth-order valence-corrected chi connectivity index (χ4v) is 2.32. The molecule has 0 unspecified atom stereocenters. The third-order valence-corrected chi connectivity index (χ3v) is 3.93. The summed E-state index contributed by atoms with van der Waals surface area (Å²) in [5.74, 6) is 0.705. The van der Waals surface area contributed by atoms with Crippen LogP contribution in [0.25, 0.3) is 0 Å². The van der Waals surface area contributed by atoms with E-state index in [0.29, 0.717) is 18.8 Å². The van der Waals surface area contributed by atoms with Crippen molar-refractivity contribution in [3.05, 3.63) is 29.8 Å². The Bertz CT molecular complexity index is 491. The summed E-state index contributed by atoms with van der Waals surface area (Å²) in [6, 6.07) is 7.75. The van der Waals surface area contributed by atoms with Gasteiger partial charge in [-0.3, -0.25) is 9.59 Å². The van der Waals surface area contributed by atoms with E-state index in [-0.39, 0.29) is 17.7 Å². The number of amides is 2. The quantitative estimate of drug-likeness (QED) is 0.728. The summed E-state index contributed by atoms with van der Waals surface area (Å²) in [6.45, 7) is 8.94. The molecule has 0 saturated carbocycles. The second-order valence-electron chi connectivity index (χ2n) is 6.40. The lowest BCUT2D eigenvalue weighted by Crippen LogP contribution is -2.27.